The Balaban J connectivity index is 2.17. The molecule has 0 aliphatic heterocycles. The molecule has 1 N–H and O–H groups in total. The van der Waals surface area contributed by atoms with E-state index in [2.05, 4.69) is 9.46 Å². The first-order valence-electron chi connectivity index (χ1n) is 9.24. The predicted octanol–water partition coefficient (Wildman–Crippen LogP) is 2.08. The summed E-state index contributed by atoms with van der Waals surface area (Å²) in [7, 11) is -2.47. The molecule has 0 aliphatic rings. The molecule has 0 radical (unpaired) electrons. The zero-order valence-electron chi connectivity index (χ0n) is 16.6. The summed E-state index contributed by atoms with van der Waals surface area (Å²) in [5.41, 5.74) is 1.20. The molecule has 0 spiro atoms. The molecule has 0 atom stereocenters. The molecule has 0 aromatic heterocycles. The van der Waals surface area contributed by atoms with E-state index < -0.39 is 16.0 Å². The van der Waals surface area contributed by atoms with Gasteiger partial charge in [-0.3, -0.25) is 9.59 Å². The average molecular weight is 429 g/mol. The molecule has 158 valence electrons. The van der Waals surface area contributed by atoms with Gasteiger partial charge in [-0.1, -0.05) is 30.3 Å². The second kappa shape index (κ2) is 11.1. The quantitative estimate of drug-likeness (QED) is 0.457. The molecule has 2 aromatic carbocycles. The number of carbonyl (C=O) groups excluding carboxylic acids is 2. The number of amides is 1. The molecule has 0 saturated heterocycles. The van der Waals surface area contributed by atoms with Gasteiger partial charge in [0.25, 0.3) is 5.91 Å². The summed E-state index contributed by atoms with van der Waals surface area (Å²) in [4.78, 5) is 26.0. The number of hydrogen-bond acceptors (Lipinski definition) is 6. The second-order valence-electron chi connectivity index (χ2n) is 6.37. The first-order chi connectivity index (χ1) is 14.4. The lowest BCUT2D eigenvalue weighted by Crippen LogP contribution is -2.33. The van der Waals surface area contributed by atoms with Crippen molar-refractivity contribution in [3.8, 4) is 6.07 Å². The first-order valence-corrected chi connectivity index (χ1v) is 10.7. The van der Waals surface area contributed by atoms with E-state index in [9.17, 15) is 18.0 Å². The van der Waals surface area contributed by atoms with Crippen molar-refractivity contribution in [2.45, 2.75) is 24.3 Å². The van der Waals surface area contributed by atoms with Crippen LogP contribution >= 0.6 is 0 Å². The number of sulfonamides is 1. The fraction of sp³-hybridized carbons (Fsp3) is 0.286. The van der Waals surface area contributed by atoms with Crippen molar-refractivity contribution >= 4 is 21.9 Å². The molecular weight excluding hydrogens is 406 g/mol. The number of carbonyl (C=O) groups is 2. The smallest absolute Gasteiger partial charge is 0.307 e. The van der Waals surface area contributed by atoms with Crippen LogP contribution in [0.3, 0.4) is 0 Å². The minimum absolute atomic E-state index is 0.00107. The number of methoxy groups -OCH3 is 1. The van der Waals surface area contributed by atoms with Crippen LogP contribution in [-0.4, -0.2) is 45.4 Å². The number of rotatable bonds is 10. The molecular formula is C21H23N3O5S. The van der Waals surface area contributed by atoms with Crippen LogP contribution in [0.5, 0.6) is 0 Å². The van der Waals surface area contributed by atoms with E-state index >= 15 is 0 Å². The Kier molecular flexibility index (Phi) is 8.53. The Morgan fingerprint density at radius 3 is 2.37 bits per heavy atom. The molecule has 0 saturated carbocycles. The van der Waals surface area contributed by atoms with Crippen LogP contribution in [0.25, 0.3) is 0 Å². The maximum absolute atomic E-state index is 13.0. The van der Waals surface area contributed by atoms with E-state index in [-0.39, 0.29) is 36.7 Å². The number of nitrogens with one attached hydrogen (secondary N) is 1. The third-order valence-electron chi connectivity index (χ3n) is 4.26. The molecule has 2 aromatic rings. The summed E-state index contributed by atoms with van der Waals surface area (Å²) in [6.45, 7) is 0.473. The van der Waals surface area contributed by atoms with E-state index in [1.807, 2.05) is 36.4 Å². The van der Waals surface area contributed by atoms with E-state index in [0.29, 0.717) is 12.1 Å². The SMILES string of the molecule is COC(=O)CCN(Cc1ccccc1)C(=O)c1ccc(S(=O)(=O)NCCC#N)cc1. The Hall–Kier alpha value is -3.22. The summed E-state index contributed by atoms with van der Waals surface area (Å²) < 4.78 is 31.4. The lowest BCUT2D eigenvalue weighted by atomic mass is 10.1. The molecule has 0 unspecified atom stereocenters. The highest BCUT2D eigenvalue weighted by atomic mass is 32.2. The van der Waals surface area contributed by atoms with Crippen LogP contribution in [0.1, 0.15) is 28.8 Å². The summed E-state index contributed by atoms with van der Waals surface area (Å²) >= 11 is 0. The van der Waals surface area contributed by atoms with Crippen molar-refractivity contribution in [3.63, 3.8) is 0 Å². The van der Waals surface area contributed by atoms with Crippen LogP contribution in [0.4, 0.5) is 0 Å². The van der Waals surface area contributed by atoms with Crippen molar-refractivity contribution in [2.75, 3.05) is 20.2 Å². The van der Waals surface area contributed by atoms with Crippen molar-refractivity contribution in [3.05, 3.63) is 65.7 Å². The Morgan fingerprint density at radius 2 is 1.77 bits per heavy atom. The van der Waals surface area contributed by atoms with Crippen LogP contribution in [0.2, 0.25) is 0 Å². The molecule has 0 bridgehead atoms. The summed E-state index contributed by atoms with van der Waals surface area (Å²) in [6, 6.07) is 16.7. The van der Waals surface area contributed by atoms with Crippen molar-refractivity contribution < 1.29 is 22.7 Å². The molecule has 8 nitrogen and oxygen atoms in total. The molecule has 0 aliphatic carbocycles. The number of ether oxygens (including phenoxy) is 1. The van der Waals surface area contributed by atoms with E-state index in [4.69, 9.17) is 5.26 Å². The summed E-state index contributed by atoms with van der Waals surface area (Å²) in [6.07, 6.45) is 0.106. The van der Waals surface area contributed by atoms with E-state index in [1.54, 1.807) is 0 Å². The van der Waals surface area contributed by atoms with Crippen LogP contribution < -0.4 is 4.72 Å². The van der Waals surface area contributed by atoms with Crippen LogP contribution in [0, 0.1) is 11.3 Å². The summed E-state index contributed by atoms with van der Waals surface area (Å²) in [5.74, 6) is -0.755. The zero-order chi connectivity index (χ0) is 22.0. The number of hydrogen-bond donors (Lipinski definition) is 1. The number of esters is 1. The zero-order valence-corrected chi connectivity index (χ0v) is 17.4. The molecule has 9 heteroatoms. The first kappa shape index (κ1) is 23.1. The number of benzene rings is 2. The van der Waals surface area contributed by atoms with E-state index in [1.165, 1.54) is 36.3 Å². The standard InChI is InChI=1S/C21H23N3O5S/c1-29-20(25)12-15-24(16-17-6-3-2-4-7-17)21(26)18-8-10-19(11-9-18)30(27,28)23-14-5-13-22/h2-4,6-11,23H,5,12,14-16H2,1H3. The normalized spacial score (nSPS) is 10.8. The van der Waals surface area contributed by atoms with Gasteiger partial charge in [0.2, 0.25) is 10.0 Å². The monoisotopic (exact) mass is 429 g/mol. The highest BCUT2D eigenvalue weighted by molar-refractivity contribution is 7.89. The van der Waals surface area contributed by atoms with Crippen molar-refractivity contribution in [1.29, 1.82) is 5.26 Å². The third-order valence-corrected chi connectivity index (χ3v) is 5.73. The minimum atomic E-state index is -3.76. The highest BCUT2D eigenvalue weighted by Gasteiger charge is 2.19. The predicted molar refractivity (Wildman–Crippen MR) is 110 cm³/mol. The Bertz CT molecular complexity index is 999. The van der Waals surface area contributed by atoms with Gasteiger partial charge >= 0.3 is 5.97 Å². The van der Waals surface area contributed by atoms with Crippen LogP contribution in [0.15, 0.2) is 59.5 Å². The Labute approximate surface area is 176 Å². The van der Waals surface area contributed by atoms with E-state index in [0.717, 1.165) is 5.56 Å². The maximum Gasteiger partial charge on any atom is 0.307 e. The Morgan fingerprint density at radius 1 is 1.10 bits per heavy atom. The largest absolute Gasteiger partial charge is 0.469 e. The second-order valence-corrected chi connectivity index (χ2v) is 8.14. The highest BCUT2D eigenvalue weighted by Crippen LogP contribution is 2.15. The van der Waals surface area contributed by atoms with Gasteiger partial charge in [0.05, 0.1) is 24.5 Å². The minimum Gasteiger partial charge on any atom is -0.469 e. The molecule has 2 rings (SSSR count). The van der Waals surface area contributed by atoms with Gasteiger partial charge < -0.3 is 9.64 Å². The average Bonchev–Trinajstić information content (AvgIpc) is 2.76. The fourth-order valence-electron chi connectivity index (χ4n) is 2.67. The van der Waals surface area contributed by atoms with Crippen molar-refractivity contribution in [1.82, 2.24) is 9.62 Å². The molecule has 0 heterocycles. The van der Waals surface area contributed by atoms with Crippen molar-refractivity contribution in [2.24, 2.45) is 0 Å². The van der Waals surface area contributed by atoms with Gasteiger partial charge in [-0.15, -0.1) is 0 Å². The van der Waals surface area contributed by atoms with Gasteiger partial charge in [0.15, 0.2) is 0 Å². The van der Waals surface area contributed by atoms with Crippen LogP contribution in [-0.2, 0) is 26.1 Å². The molecule has 1 amide bonds. The fourth-order valence-corrected chi connectivity index (χ4v) is 3.70. The lowest BCUT2D eigenvalue weighted by Gasteiger charge is -2.22. The van der Waals surface area contributed by atoms with Gasteiger partial charge in [-0.2, -0.15) is 5.26 Å². The number of nitriles is 1. The van der Waals surface area contributed by atoms with Gasteiger partial charge in [-0.05, 0) is 29.8 Å². The topological polar surface area (TPSA) is 117 Å². The maximum atomic E-state index is 13.0. The van der Waals surface area contributed by atoms with Gasteiger partial charge in [0, 0.05) is 31.6 Å². The third kappa shape index (κ3) is 6.69. The van der Waals surface area contributed by atoms with Gasteiger partial charge in [-0.25, -0.2) is 13.1 Å². The molecule has 30 heavy (non-hydrogen) atoms. The molecule has 0 fully saturated rings. The lowest BCUT2D eigenvalue weighted by molar-refractivity contribution is -0.140. The number of nitrogens with zero attached hydrogens (tertiary/aromatic N) is 2. The summed E-state index contributed by atoms with van der Waals surface area (Å²) in [5, 5.41) is 8.53. The van der Waals surface area contributed by atoms with Gasteiger partial charge in [0.1, 0.15) is 0 Å².